The summed E-state index contributed by atoms with van der Waals surface area (Å²) in [6, 6.07) is 0. The lowest BCUT2D eigenvalue weighted by molar-refractivity contribution is 0.180. The zero-order valence-corrected chi connectivity index (χ0v) is 9.70. The maximum Gasteiger partial charge on any atom is 0.00998 e. The van der Waals surface area contributed by atoms with E-state index in [0.717, 1.165) is 19.6 Å². The molecule has 0 aliphatic heterocycles. The Morgan fingerprint density at radius 2 is 1.15 bits per heavy atom. The van der Waals surface area contributed by atoms with Gasteiger partial charge in [-0.05, 0) is 27.1 Å². The summed E-state index contributed by atoms with van der Waals surface area (Å²) in [7, 11) is 6.05. The van der Waals surface area contributed by atoms with Crippen LogP contribution in [0.5, 0.6) is 0 Å². The van der Waals surface area contributed by atoms with Crippen molar-refractivity contribution in [3.05, 3.63) is 0 Å². The Bertz CT molecular complexity index is 106. The molecule has 0 atom stereocenters. The molecule has 0 saturated carbocycles. The Morgan fingerprint density at radius 1 is 0.846 bits per heavy atom. The topological polar surface area (TPSA) is 36.1 Å². The fourth-order valence-electron chi connectivity index (χ4n) is 1.86. The molecule has 0 aromatic carbocycles. The lowest BCUT2D eigenvalue weighted by atomic mass is 9.76. The molecule has 0 radical (unpaired) electrons. The number of hydrogen-bond donors (Lipinski definition) is 3. The highest BCUT2D eigenvalue weighted by molar-refractivity contribution is 4.87. The van der Waals surface area contributed by atoms with Crippen molar-refractivity contribution in [2.45, 2.75) is 13.8 Å². The maximum atomic E-state index is 3.28. The van der Waals surface area contributed by atoms with Crippen molar-refractivity contribution in [2.75, 3.05) is 40.8 Å². The van der Waals surface area contributed by atoms with E-state index in [1.165, 1.54) is 0 Å². The Balaban J connectivity index is 4.38. The van der Waals surface area contributed by atoms with E-state index in [9.17, 15) is 0 Å². The molecule has 0 aliphatic rings. The molecule has 0 amide bonds. The van der Waals surface area contributed by atoms with E-state index in [0.29, 0.717) is 11.3 Å². The fourth-order valence-corrected chi connectivity index (χ4v) is 1.86. The van der Waals surface area contributed by atoms with Crippen LogP contribution in [0.15, 0.2) is 0 Å². The van der Waals surface area contributed by atoms with Crippen LogP contribution in [0, 0.1) is 11.3 Å². The average molecular weight is 187 g/mol. The maximum absolute atomic E-state index is 3.28. The lowest BCUT2D eigenvalue weighted by Crippen LogP contribution is -2.50. The highest BCUT2D eigenvalue weighted by Gasteiger charge is 2.31. The van der Waals surface area contributed by atoms with Crippen LogP contribution < -0.4 is 16.0 Å². The minimum Gasteiger partial charge on any atom is -0.319 e. The molecule has 0 unspecified atom stereocenters. The molecule has 0 aromatic rings. The van der Waals surface area contributed by atoms with E-state index in [-0.39, 0.29) is 0 Å². The second-order valence-corrected chi connectivity index (χ2v) is 4.11. The molecule has 0 saturated heterocycles. The molecular weight excluding hydrogens is 162 g/mol. The second-order valence-electron chi connectivity index (χ2n) is 4.11. The van der Waals surface area contributed by atoms with Crippen LogP contribution in [0.4, 0.5) is 0 Å². The third-order valence-corrected chi connectivity index (χ3v) is 2.81. The quantitative estimate of drug-likeness (QED) is 0.536. The molecule has 80 valence electrons. The molecule has 0 rings (SSSR count). The zero-order chi connectivity index (χ0) is 10.3. The zero-order valence-electron chi connectivity index (χ0n) is 9.70. The lowest BCUT2D eigenvalue weighted by Gasteiger charge is -2.37. The van der Waals surface area contributed by atoms with Crippen LogP contribution in [0.1, 0.15) is 13.8 Å². The second kappa shape index (κ2) is 6.35. The van der Waals surface area contributed by atoms with Gasteiger partial charge in [0.25, 0.3) is 0 Å². The van der Waals surface area contributed by atoms with Gasteiger partial charge in [0.15, 0.2) is 0 Å². The first-order valence-corrected chi connectivity index (χ1v) is 5.06. The minimum absolute atomic E-state index is 0.318. The highest BCUT2D eigenvalue weighted by Crippen LogP contribution is 2.25. The molecule has 0 fully saturated rings. The van der Waals surface area contributed by atoms with Gasteiger partial charge >= 0.3 is 0 Å². The fraction of sp³-hybridized carbons (Fsp3) is 1.00. The smallest absolute Gasteiger partial charge is 0.00998 e. The Kier molecular flexibility index (Phi) is 6.29. The highest BCUT2D eigenvalue weighted by atomic mass is 14.9. The van der Waals surface area contributed by atoms with E-state index in [1.807, 2.05) is 21.1 Å². The first kappa shape index (κ1) is 12.9. The van der Waals surface area contributed by atoms with Gasteiger partial charge in [-0.3, -0.25) is 0 Å². The average Bonchev–Trinajstić information content (AvgIpc) is 2.05. The first-order valence-electron chi connectivity index (χ1n) is 5.06. The molecule has 13 heavy (non-hydrogen) atoms. The van der Waals surface area contributed by atoms with Gasteiger partial charge in [-0.25, -0.2) is 0 Å². The van der Waals surface area contributed by atoms with Gasteiger partial charge in [0, 0.05) is 25.0 Å². The number of rotatable bonds is 7. The molecule has 0 aromatic heterocycles. The largest absolute Gasteiger partial charge is 0.319 e. The van der Waals surface area contributed by atoms with Gasteiger partial charge < -0.3 is 16.0 Å². The molecule has 0 bridgehead atoms. The summed E-state index contributed by atoms with van der Waals surface area (Å²) >= 11 is 0. The molecular formula is C10H25N3. The van der Waals surface area contributed by atoms with Crippen molar-refractivity contribution in [1.29, 1.82) is 0 Å². The van der Waals surface area contributed by atoms with Crippen LogP contribution in [0.25, 0.3) is 0 Å². The van der Waals surface area contributed by atoms with Gasteiger partial charge in [0.05, 0.1) is 0 Å². The van der Waals surface area contributed by atoms with E-state index < -0.39 is 0 Å². The van der Waals surface area contributed by atoms with Crippen LogP contribution in [-0.4, -0.2) is 40.8 Å². The molecule has 3 nitrogen and oxygen atoms in total. The van der Waals surface area contributed by atoms with Crippen molar-refractivity contribution in [1.82, 2.24) is 16.0 Å². The standard InChI is InChI=1S/C10H25N3/c1-9(2)10(6-11-3,7-12-4)8-13-5/h9,11-13H,6-8H2,1-5H3. The van der Waals surface area contributed by atoms with Crippen LogP contribution >= 0.6 is 0 Å². The summed E-state index contributed by atoms with van der Waals surface area (Å²) in [5.74, 6) is 0.667. The third-order valence-electron chi connectivity index (χ3n) is 2.81. The Morgan fingerprint density at radius 3 is 1.31 bits per heavy atom. The van der Waals surface area contributed by atoms with Crippen molar-refractivity contribution in [3.8, 4) is 0 Å². The summed E-state index contributed by atoms with van der Waals surface area (Å²) in [6.45, 7) is 7.71. The van der Waals surface area contributed by atoms with Crippen molar-refractivity contribution < 1.29 is 0 Å². The molecule has 0 spiro atoms. The normalized spacial score (nSPS) is 12.5. The van der Waals surface area contributed by atoms with Gasteiger partial charge in [-0.15, -0.1) is 0 Å². The molecule has 3 heteroatoms. The van der Waals surface area contributed by atoms with E-state index >= 15 is 0 Å². The summed E-state index contributed by atoms with van der Waals surface area (Å²) in [5.41, 5.74) is 0.318. The summed E-state index contributed by atoms with van der Waals surface area (Å²) < 4.78 is 0. The van der Waals surface area contributed by atoms with Crippen LogP contribution in [0.2, 0.25) is 0 Å². The van der Waals surface area contributed by atoms with Crippen LogP contribution in [-0.2, 0) is 0 Å². The minimum atomic E-state index is 0.318. The van der Waals surface area contributed by atoms with Crippen LogP contribution in [0.3, 0.4) is 0 Å². The molecule has 0 heterocycles. The van der Waals surface area contributed by atoms with Crippen molar-refractivity contribution in [3.63, 3.8) is 0 Å². The van der Waals surface area contributed by atoms with Gasteiger partial charge in [0.1, 0.15) is 0 Å². The monoisotopic (exact) mass is 187 g/mol. The Labute approximate surface area is 82.7 Å². The van der Waals surface area contributed by atoms with Gasteiger partial charge in [-0.2, -0.15) is 0 Å². The first-order chi connectivity index (χ1) is 6.13. The predicted octanol–water partition coefficient (Wildman–Crippen LogP) is 0.287. The SMILES string of the molecule is CNCC(CNC)(CNC)C(C)C. The van der Waals surface area contributed by atoms with Gasteiger partial charge in [-0.1, -0.05) is 13.8 Å². The molecule has 3 N–H and O–H groups in total. The third kappa shape index (κ3) is 3.63. The number of nitrogens with one attached hydrogen (secondary N) is 3. The van der Waals surface area contributed by atoms with Crippen molar-refractivity contribution >= 4 is 0 Å². The summed E-state index contributed by atoms with van der Waals surface area (Å²) in [4.78, 5) is 0. The molecule has 0 aliphatic carbocycles. The predicted molar refractivity (Wildman–Crippen MR) is 59.1 cm³/mol. The van der Waals surface area contributed by atoms with Gasteiger partial charge in [0.2, 0.25) is 0 Å². The van der Waals surface area contributed by atoms with E-state index in [1.54, 1.807) is 0 Å². The number of hydrogen-bond acceptors (Lipinski definition) is 3. The summed E-state index contributed by atoms with van der Waals surface area (Å²) in [6.07, 6.45) is 0. The summed E-state index contributed by atoms with van der Waals surface area (Å²) in [5, 5.41) is 9.84. The van der Waals surface area contributed by atoms with Crippen molar-refractivity contribution in [2.24, 2.45) is 11.3 Å². The van der Waals surface area contributed by atoms with E-state index in [4.69, 9.17) is 0 Å². The van der Waals surface area contributed by atoms with E-state index in [2.05, 4.69) is 29.8 Å². The Hall–Kier alpha value is -0.120.